The summed E-state index contributed by atoms with van der Waals surface area (Å²) in [6, 6.07) is 0.591. The molecule has 1 saturated heterocycles. The molecule has 4 heteroatoms. The van der Waals surface area contributed by atoms with Gasteiger partial charge in [-0.2, -0.15) is 0 Å². The van der Waals surface area contributed by atoms with Crippen LogP contribution in [0.15, 0.2) is 12.4 Å². The first-order valence-electron chi connectivity index (χ1n) is 6.13. The van der Waals surface area contributed by atoms with Crippen molar-refractivity contribution in [2.75, 3.05) is 25.0 Å². The standard InChI is InChI=1S/C12H22N4/c1-10(2)9-16-7-6-14-12(16)15(3)11-4-5-13-8-11/h6-7,10-11,13H,4-5,8-9H2,1-3H3. The average molecular weight is 222 g/mol. The zero-order chi connectivity index (χ0) is 11.5. The number of imidazole rings is 1. The lowest BCUT2D eigenvalue weighted by atomic mass is 10.2. The Morgan fingerprint density at radius 1 is 1.62 bits per heavy atom. The first kappa shape index (κ1) is 11.5. The summed E-state index contributed by atoms with van der Waals surface area (Å²) in [6.07, 6.45) is 5.19. The summed E-state index contributed by atoms with van der Waals surface area (Å²) in [5.74, 6) is 1.76. The van der Waals surface area contributed by atoms with Gasteiger partial charge in [0.2, 0.25) is 5.95 Å². The van der Waals surface area contributed by atoms with Crippen LogP contribution in [0.1, 0.15) is 20.3 Å². The van der Waals surface area contributed by atoms with Gasteiger partial charge in [-0.25, -0.2) is 4.98 Å². The molecule has 0 amide bonds. The van der Waals surface area contributed by atoms with Gasteiger partial charge in [-0.1, -0.05) is 13.8 Å². The maximum atomic E-state index is 4.47. The number of nitrogens with one attached hydrogen (secondary N) is 1. The van der Waals surface area contributed by atoms with Crippen LogP contribution in [0.4, 0.5) is 5.95 Å². The summed E-state index contributed by atoms with van der Waals surface area (Å²) in [5.41, 5.74) is 0. The molecule has 1 aromatic rings. The molecule has 0 aliphatic carbocycles. The highest BCUT2D eigenvalue weighted by molar-refractivity contribution is 5.32. The van der Waals surface area contributed by atoms with Crippen LogP contribution in [0.3, 0.4) is 0 Å². The van der Waals surface area contributed by atoms with Gasteiger partial charge in [0.05, 0.1) is 0 Å². The number of nitrogens with zero attached hydrogens (tertiary/aromatic N) is 3. The number of rotatable bonds is 4. The van der Waals surface area contributed by atoms with Crippen molar-refractivity contribution < 1.29 is 0 Å². The van der Waals surface area contributed by atoms with E-state index in [4.69, 9.17) is 0 Å². The lowest BCUT2D eigenvalue weighted by molar-refractivity contribution is 0.514. The Balaban J connectivity index is 2.09. The van der Waals surface area contributed by atoms with Crippen LogP contribution in [0.25, 0.3) is 0 Å². The number of likely N-dealkylation sites (N-methyl/N-ethyl adjacent to an activating group) is 1. The fourth-order valence-corrected chi connectivity index (χ4v) is 2.28. The first-order chi connectivity index (χ1) is 7.68. The smallest absolute Gasteiger partial charge is 0.205 e. The van der Waals surface area contributed by atoms with E-state index < -0.39 is 0 Å². The molecule has 4 nitrogen and oxygen atoms in total. The number of hydrogen-bond donors (Lipinski definition) is 1. The second-order valence-electron chi connectivity index (χ2n) is 5.03. The second kappa shape index (κ2) is 4.87. The Morgan fingerprint density at radius 3 is 3.06 bits per heavy atom. The van der Waals surface area contributed by atoms with Crippen molar-refractivity contribution >= 4 is 5.95 Å². The predicted molar refractivity (Wildman–Crippen MR) is 66.7 cm³/mol. The maximum Gasteiger partial charge on any atom is 0.205 e. The highest BCUT2D eigenvalue weighted by Gasteiger charge is 2.22. The van der Waals surface area contributed by atoms with Crippen LogP contribution >= 0.6 is 0 Å². The zero-order valence-electron chi connectivity index (χ0n) is 10.5. The molecule has 0 bridgehead atoms. The first-order valence-corrected chi connectivity index (χ1v) is 6.13. The van der Waals surface area contributed by atoms with Gasteiger partial charge in [-0.15, -0.1) is 0 Å². The van der Waals surface area contributed by atoms with Crippen LogP contribution in [0, 0.1) is 5.92 Å². The van der Waals surface area contributed by atoms with E-state index in [1.54, 1.807) is 0 Å². The van der Waals surface area contributed by atoms with Crippen molar-refractivity contribution in [1.29, 1.82) is 0 Å². The van der Waals surface area contributed by atoms with Gasteiger partial charge in [-0.3, -0.25) is 0 Å². The topological polar surface area (TPSA) is 33.1 Å². The number of hydrogen-bond acceptors (Lipinski definition) is 3. The molecule has 1 aromatic heterocycles. The summed E-state index contributed by atoms with van der Waals surface area (Å²) in [4.78, 5) is 6.78. The van der Waals surface area contributed by atoms with E-state index in [0.717, 1.165) is 25.6 Å². The largest absolute Gasteiger partial charge is 0.341 e. The molecule has 0 aromatic carbocycles. The molecule has 16 heavy (non-hydrogen) atoms. The van der Waals surface area contributed by atoms with Crippen molar-refractivity contribution in [3.8, 4) is 0 Å². The van der Waals surface area contributed by atoms with E-state index in [-0.39, 0.29) is 0 Å². The Hall–Kier alpha value is -1.03. The van der Waals surface area contributed by atoms with Gasteiger partial charge in [0, 0.05) is 38.6 Å². The van der Waals surface area contributed by atoms with E-state index in [1.165, 1.54) is 6.42 Å². The van der Waals surface area contributed by atoms with Crippen LogP contribution in [-0.4, -0.2) is 35.7 Å². The zero-order valence-corrected chi connectivity index (χ0v) is 10.5. The van der Waals surface area contributed by atoms with Gasteiger partial charge in [0.1, 0.15) is 0 Å². The van der Waals surface area contributed by atoms with Crippen molar-refractivity contribution in [3.05, 3.63) is 12.4 Å². The molecule has 0 saturated carbocycles. The highest BCUT2D eigenvalue weighted by Crippen LogP contribution is 2.17. The molecule has 1 fully saturated rings. The molecule has 2 rings (SSSR count). The van der Waals surface area contributed by atoms with Crippen molar-refractivity contribution in [2.45, 2.75) is 32.9 Å². The Kier molecular flexibility index (Phi) is 3.49. The van der Waals surface area contributed by atoms with E-state index in [1.807, 2.05) is 6.20 Å². The third-order valence-corrected chi connectivity index (χ3v) is 3.15. The molecule has 1 N–H and O–H groups in total. The summed E-state index contributed by atoms with van der Waals surface area (Å²) in [5, 5.41) is 3.40. The minimum absolute atomic E-state index is 0.591. The summed E-state index contributed by atoms with van der Waals surface area (Å²) < 4.78 is 2.25. The third-order valence-electron chi connectivity index (χ3n) is 3.15. The second-order valence-corrected chi connectivity index (χ2v) is 5.03. The van der Waals surface area contributed by atoms with Gasteiger partial charge in [0.25, 0.3) is 0 Å². The number of aromatic nitrogens is 2. The Morgan fingerprint density at radius 2 is 2.44 bits per heavy atom. The van der Waals surface area contributed by atoms with Crippen LogP contribution in [0.5, 0.6) is 0 Å². The fraction of sp³-hybridized carbons (Fsp3) is 0.750. The SMILES string of the molecule is CC(C)Cn1ccnc1N(C)C1CCNC1. The molecule has 1 atom stereocenters. The van der Waals surface area contributed by atoms with E-state index in [0.29, 0.717) is 12.0 Å². The predicted octanol–water partition coefficient (Wildman–Crippen LogP) is 1.34. The van der Waals surface area contributed by atoms with Crippen molar-refractivity contribution in [2.24, 2.45) is 5.92 Å². The van der Waals surface area contributed by atoms with Crippen LogP contribution in [-0.2, 0) is 6.54 Å². The summed E-state index contributed by atoms with van der Waals surface area (Å²) in [7, 11) is 2.15. The Labute approximate surface area is 97.7 Å². The average Bonchev–Trinajstić information content (AvgIpc) is 2.84. The Bertz CT molecular complexity index is 326. The molecule has 1 unspecified atom stereocenters. The lowest BCUT2D eigenvalue weighted by Gasteiger charge is -2.26. The third kappa shape index (κ3) is 2.38. The van der Waals surface area contributed by atoms with Crippen molar-refractivity contribution in [3.63, 3.8) is 0 Å². The lowest BCUT2D eigenvalue weighted by Crippen LogP contribution is -2.35. The van der Waals surface area contributed by atoms with Crippen LogP contribution < -0.4 is 10.2 Å². The molecule has 2 heterocycles. The normalized spacial score (nSPS) is 20.6. The van der Waals surface area contributed by atoms with Crippen LogP contribution in [0.2, 0.25) is 0 Å². The number of anilines is 1. The summed E-state index contributed by atoms with van der Waals surface area (Å²) in [6.45, 7) is 7.71. The minimum atomic E-state index is 0.591. The van der Waals surface area contributed by atoms with E-state index in [2.05, 4.69) is 46.9 Å². The molecular formula is C12H22N4. The molecule has 0 radical (unpaired) electrons. The van der Waals surface area contributed by atoms with Crippen molar-refractivity contribution in [1.82, 2.24) is 14.9 Å². The fourth-order valence-electron chi connectivity index (χ4n) is 2.28. The quantitative estimate of drug-likeness (QED) is 0.834. The molecule has 90 valence electrons. The van der Waals surface area contributed by atoms with Gasteiger partial charge >= 0.3 is 0 Å². The van der Waals surface area contributed by atoms with Gasteiger partial charge < -0.3 is 14.8 Å². The monoisotopic (exact) mass is 222 g/mol. The van der Waals surface area contributed by atoms with E-state index >= 15 is 0 Å². The van der Waals surface area contributed by atoms with Gasteiger partial charge in [0.15, 0.2) is 0 Å². The minimum Gasteiger partial charge on any atom is -0.341 e. The molecule has 1 aliphatic heterocycles. The molecular weight excluding hydrogens is 200 g/mol. The molecule has 1 aliphatic rings. The maximum absolute atomic E-state index is 4.47. The molecule has 0 spiro atoms. The van der Waals surface area contributed by atoms with Gasteiger partial charge in [-0.05, 0) is 18.9 Å². The van der Waals surface area contributed by atoms with E-state index in [9.17, 15) is 0 Å². The summed E-state index contributed by atoms with van der Waals surface area (Å²) >= 11 is 0. The highest BCUT2D eigenvalue weighted by atomic mass is 15.3.